The zero-order chi connectivity index (χ0) is 14.3. The van der Waals surface area contributed by atoms with Gasteiger partial charge in [0.1, 0.15) is 6.10 Å². The van der Waals surface area contributed by atoms with E-state index in [2.05, 4.69) is 47.9 Å². The number of aliphatic hydroxyl groups is 1. The summed E-state index contributed by atoms with van der Waals surface area (Å²) in [5.74, 6) is 0. The molecule has 0 amide bonds. The number of hydrogen-bond acceptors (Lipinski definition) is 5. The van der Waals surface area contributed by atoms with E-state index in [0.29, 0.717) is 0 Å². The third-order valence-corrected chi connectivity index (χ3v) is 5.03. The maximum Gasteiger partial charge on any atom is 0.118 e. The van der Waals surface area contributed by atoms with E-state index in [-0.39, 0.29) is 5.41 Å². The predicted octanol–water partition coefficient (Wildman–Crippen LogP) is 4.13. The Morgan fingerprint density at radius 3 is 2.75 bits per heavy atom. The van der Waals surface area contributed by atoms with Crippen molar-refractivity contribution in [3.8, 4) is 0 Å². The number of nitrogens with zero attached hydrogens (tertiary/aromatic N) is 2. The second kappa shape index (κ2) is 4.91. The van der Waals surface area contributed by atoms with E-state index in [9.17, 15) is 5.11 Å². The molecule has 3 rings (SSSR count). The summed E-state index contributed by atoms with van der Waals surface area (Å²) in [5, 5.41) is 18.2. The Morgan fingerprint density at radius 2 is 2.00 bits per heavy atom. The third kappa shape index (κ3) is 2.26. The molecule has 0 spiro atoms. The fourth-order valence-corrected chi connectivity index (χ4v) is 4.08. The highest BCUT2D eigenvalue weighted by Gasteiger charge is 2.27. The fourth-order valence-electron chi connectivity index (χ4n) is 2.27. The summed E-state index contributed by atoms with van der Waals surface area (Å²) < 4.78 is 5.17. The van der Waals surface area contributed by atoms with Gasteiger partial charge >= 0.3 is 0 Å². The molecule has 0 saturated heterocycles. The van der Waals surface area contributed by atoms with Crippen LogP contribution in [0.15, 0.2) is 29.6 Å². The maximum atomic E-state index is 10.8. The van der Waals surface area contributed by atoms with Gasteiger partial charge in [-0.1, -0.05) is 43.5 Å². The van der Waals surface area contributed by atoms with Crippen LogP contribution in [0.5, 0.6) is 0 Å². The van der Waals surface area contributed by atoms with Crippen molar-refractivity contribution in [3.05, 3.63) is 45.8 Å². The van der Waals surface area contributed by atoms with Gasteiger partial charge in [-0.2, -0.15) is 0 Å². The monoisotopic (exact) mass is 304 g/mol. The first kappa shape index (κ1) is 13.7. The number of hydrogen-bond donors (Lipinski definition) is 1. The number of thiophene rings is 1. The molecule has 20 heavy (non-hydrogen) atoms. The quantitative estimate of drug-likeness (QED) is 0.774. The van der Waals surface area contributed by atoms with Crippen molar-refractivity contribution in [2.45, 2.75) is 32.3 Å². The zero-order valence-electron chi connectivity index (χ0n) is 11.6. The van der Waals surface area contributed by atoms with Crippen LogP contribution >= 0.6 is 22.9 Å². The number of fused-ring (bicyclic) bond motifs is 1. The van der Waals surface area contributed by atoms with Crippen LogP contribution in [0.25, 0.3) is 10.1 Å². The van der Waals surface area contributed by atoms with E-state index < -0.39 is 6.10 Å². The summed E-state index contributed by atoms with van der Waals surface area (Å²) >= 11 is 2.94. The molecular formula is C15H16N2OS2. The standard InChI is InChI=1S/C15H16N2OS2/c1-15(2,3)14-13(20-17-16-14)11(18)10-6-4-5-9-7-8-19-12(9)10/h4-8,11,18H,1-3H3. The maximum absolute atomic E-state index is 10.8. The third-order valence-electron chi connectivity index (χ3n) is 3.28. The Hall–Kier alpha value is -1.30. The lowest BCUT2D eigenvalue weighted by atomic mass is 9.89. The smallest absolute Gasteiger partial charge is 0.118 e. The van der Waals surface area contributed by atoms with E-state index in [4.69, 9.17) is 0 Å². The van der Waals surface area contributed by atoms with Gasteiger partial charge in [-0.3, -0.25) is 0 Å². The van der Waals surface area contributed by atoms with E-state index in [1.165, 1.54) is 16.9 Å². The Balaban J connectivity index is 2.12. The Morgan fingerprint density at radius 1 is 1.20 bits per heavy atom. The summed E-state index contributed by atoms with van der Waals surface area (Å²) in [6.07, 6.45) is -0.661. The molecule has 1 N–H and O–H groups in total. The van der Waals surface area contributed by atoms with Gasteiger partial charge < -0.3 is 5.11 Å². The highest BCUT2D eigenvalue weighted by molar-refractivity contribution is 7.17. The van der Waals surface area contributed by atoms with Crippen LogP contribution in [-0.2, 0) is 5.41 Å². The van der Waals surface area contributed by atoms with E-state index in [1.807, 2.05) is 12.1 Å². The SMILES string of the molecule is CC(C)(C)c1nnsc1C(O)c1cccc2ccsc12. The molecule has 1 atom stereocenters. The van der Waals surface area contributed by atoms with Gasteiger partial charge in [0.15, 0.2) is 0 Å². The Bertz CT molecular complexity index is 739. The van der Waals surface area contributed by atoms with E-state index in [1.54, 1.807) is 11.3 Å². The second-order valence-electron chi connectivity index (χ2n) is 5.82. The largest absolute Gasteiger partial charge is 0.383 e. The molecule has 2 aromatic heterocycles. The van der Waals surface area contributed by atoms with Gasteiger partial charge in [0.25, 0.3) is 0 Å². The average Bonchev–Trinajstić information content (AvgIpc) is 3.05. The van der Waals surface area contributed by atoms with Crippen molar-refractivity contribution in [2.24, 2.45) is 0 Å². The van der Waals surface area contributed by atoms with Gasteiger partial charge in [0.05, 0.1) is 10.6 Å². The lowest BCUT2D eigenvalue weighted by Gasteiger charge is -2.19. The Kier molecular flexibility index (Phi) is 3.36. The molecule has 0 aliphatic rings. The molecule has 0 aliphatic carbocycles. The number of aromatic nitrogens is 2. The van der Waals surface area contributed by atoms with E-state index in [0.717, 1.165) is 20.8 Å². The van der Waals surface area contributed by atoms with Crippen molar-refractivity contribution in [1.82, 2.24) is 9.59 Å². The van der Waals surface area contributed by atoms with Crippen LogP contribution in [0.3, 0.4) is 0 Å². The predicted molar refractivity (Wildman–Crippen MR) is 84.5 cm³/mol. The van der Waals surface area contributed by atoms with Gasteiger partial charge in [0, 0.05) is 15.7 Å². The molecule has 2 heterocycles. The molecule has 1 aromatic carbocycles. The van der Waals surface area contributed by atoms with Crippen molar-refractivity contribution in [1.29, 1.82) is 0 Å². The molecule has 3 nitrogen and oxygen atoms in total. The summed E-state index contributed by atoms with van der Waals surface area (Å²) in [6.45, 7) is 6.27. The number of benzene rings is 1. The zero-order valence-corrected chi connectivity index (χ0v) is 13.3. The average molecular weight is 304 g/mol. The van der Waals surface area contributed by atoms with Crippen molar-refractivity contribution < 1.29 is 5.11 Å². The molecule has 0 radical (unpaired) electrons. The minimum atomic E-state index is -0.661. The van der Waals surface area contributed by atoms with Gasteiger partial charge in [-0.05, 0) is 28.4 Å². The van der Waals surface area contributed by atoms with Crippen LogP contribution in [0.2, 0.25) is 0 Å². The molecular weight excluding hydrogens is 288 g/mol. The molecule has 0 saturated carbocycles. The van der Waals surface area contributed by atoms with Crippen LogP contribution < -0.4 is 0 Å². The van der Waals surface area contributed by atoms with Crippen LogP contribution in [0.4, 0.5) is 0 Å². The lowest BCUT2D eigenvalue weighted by Crippen LogP contribution is -2.16. The van der Waals surface area contributed by atoms with Crippen molar-refractivity contribution >= 4 is 33.0 Å². The first-order valence-corrected chi connectivity index (χ1v) is 8.10. The van der Waals surface area contributed by atoms with Gasteiger partial charge in [-0.25, -0.2) is 0 Å². The summed E-state index contributed by atoms with van der Waals surface area (Å²) in [7, 11) is 0. The highest BCUT2D eigenvalue weighted by Crippen LogP contribution is 2.37. The van der Waals surface area contributed by atoms with Crippen LogP contribution in [0.1, 0.15) is 43.0 Å². The van der Waals surface area contributed by atoms with Crippen molar-refractivity contribution in [3.63, 3.8) is 0 Å². The number of aliphatic hydroxyl groups excluding tert-OH is 1. The normalized spacial score (nSPS) is 13.8. The molecule has 1 unspecified atom stereocenters. The molecule has 0 bridgehead atoms. The molecule has 5 heteroatoms. The van der Waals surface area contributed by atoms with Gasteiger partial charge in [0.2, 0.25) is 0 Å². The lowest BCUT2D eigenvalue weighted by molar-refractivity contribution is 0.223. The summed E-state index contributed by atoms with van der Waals surface area (Å²) in [4.78, 5) is 0.846. The number of rotatable bonds is 2. The Labute approximate surface area is 126 Å². The minimum Gasteiger partial charge on any atom is -0.383 e. The second-order valence-corrected chi connectivity index (χ2v) is 7.53. The molecule has 0 fully saturated rings. The fraction of sp³-hybridized carbons (Fsp3) is 0.333. The first-order chi connectivity index (χ1) is 9.48. The molecule has 104 valence electrons. The summed E-state index contributed by atoms with van der Waals surface area (Å²) in [6, 6.07) is 8.11. The highest BCUT2D eigenvalue weighted by atomic mass is 32.1. The molecule has 3 aromatic rings. The topological polar surface area (TPSA) is 46.0 Å². The van der Waals surface area contributed by atoms with E-state index >= 15 is 0 Å². The van der Waals surface area contributed by atoms with Crippen LogP contribution in [0, 0.1) is 0 Å². The van der Waals surface area contributed by atoms with Crippen LogP contribution in [-0.4, -0.2) is 14.7 Å². The summed E-state index contributed by atoms with van der Waals surface area (Å²) in [5.41, 5.74) is 1.70. The minimum absolute atomic E-state index is 0.118. The van der Waals surface area contributed by atoms with Gasteiger partial charge in [-0.15, -0.1) is 16.4 Å². The molecule has 0 aliphatic heterocycles. The first-order valence-electron chi connectivity index (χ1n) is 6.45. The van der Waals surface area contributed by atoms with Crippen molar-refractivity contribution in [2.75, 3.05) is 0 Å².